The van der Waals surface area contributed by atoms with E-state index in [-0.39, 0.29) is 28.9 Å². The zero-order valence-corrected chi connectivity index (χ0v) is 14.9. The Kier molecular flexibility index (Phi) is 4.15. The van der Waals surface area contributed by atoms with Crippen LogP contribution < -0.4 is 0 Å². The average molecular weight is 353 g/mol. The molecule has 0 bridgehead atoms. The van der Waals surface area contributed by atoms with E-state index in [0.717, 1.165) is 0 Å². The third-order valence-corrected chi connectivity index (χ3v) is 4.62. The molecule has 130 valence electrons. The molecule has 2 aliphatic rings. The molecule has 1 unspecified atom stereocenters. The van der Waals surface area contributed by atoms with Crippen LogP contribution in [0, 0.1) is 11.8 Å². The van der Waals surface area contributed by atoms with Crippen molar-refractivity contribution in [2.24, 2.45) is 11.8 Å². The number of halogens is 1. The summed E-state index contributed by atoms with van der Waals surface area (Å²) >= 11 is 5.69. The molecule has 1 aliphatic heterocycles. The number of hydrogen-bond acceptors (Lipinski definition) is 5. The molecule has 1 aromatic rings. The molecule has 24 heavy (non-hydrogen) atoms. The van der Waals surface area contributed by atoms with E-state index < -0.39 is 5.60 Å². The van der Waals surface area contributed by atoms with Gasteiger partial charge in [0, 0.05) is 38.0 Å². The van der Waals surface area contributed by atoms with Gasteiger partial charge in [0.2, 0.25) is 0 Å². The molecular weight excluding hydrogens is 332 g/mol. The van der Waals surface area contributed by atoms with Gasteiger partial charge in [-0.05, 0) is 32.9 Å². The van der Waals surface area contributed by atoms with Gasteiger partial charge in [0.1, 0.15) is 5.60 Å². The van der Waals surface area contributed by atoms with Crippen LogP contribution in [0.1, 0.15) is 31.3 Å². The second-order valence-electron chi connectivity index (χ2n) is 7.36. The highest BCUT2D eigenvalue weighted by Gasteiger charge is 2.60. The van der Waals surface area contributed by atoms with Crippen molar-refractivity contribution in [3.05, 3.63) is 23.0 Å². The van der Waals surface area contributed by atoms with Crippen molar-refractivity contribution in [1.82, 2.24) is 20.0 Å². The minimum absolute atomic E-state index is 0.133. The zero-order valence-electron chi connectivity index (χ0n) is 14.2. The first-order chi connectivity index (χ1) is 11.2. The topological polar surface area (TPSA) is 75.6 Å². The average Bonchev–Trinajstić information content (AvgIpc) is 2.98. The van der Waals surface area contributed by atoms with E-state index in [1.807, 2.05) is 20.8 Å². The van der Waals surface area contributed by atoms with Gasteiger partial charge in [0.15, 0.2) is 10.8 Å². The minimum atomic E-state index is -0.497. The van der Waals surface area contributed by atoms with Gasteiger partial charge in [-0.3, -0.25) is 4.79 Å². The molecule has 3 atom stereocenters. The first-order valence-electron chi connectivity index (χ1n) is 7.91. The van der Waals surface area contributed by atoms with Crippen LogP contribution in [-0.4, -0.2) is 63.8 Å². The Hall–Kier alpha value is -1.89. The number of carbonyl (C=O) groups excluding carboxylic acids is 2. The summed E-state index contributed by atoms with van der Waals surface area (Å²) in [5.74, 6) is 0.417. The van der Waals surface area contributed by atoms with Crippen molar-refractivity contribution >= 4 is 23.6 Å². The minimum Gasteiger partial charge on any atom is -0.444 e. The summed E-state index contributed by atoms with van der Waals surface area (Å²) in [5, 5.41) is 7.79. The molecule has 0 aromatic carbocycles. The van der Waals surface area contributed by atoms with Crippen molar-refractivity contribution in [1.29, 1.82) is 0 Å². The van der Waals surface area contributed by atoms with Gasteiger partial charge in [0.05, 0.1) is 0 Å². The summed E-state index contributed by atoms with van der Waals surface area (Å²) in [5.41, 5.74) is -0.223. The Morgan fingerprint density at radius 3 is 2.38 bits per heavy atom. The standard InChI is InChI=1S/C16H21ClN4O3/c1-16(2,3)24-15(23)21-7-9-10(8-21)13(9)20(4)14(22)11-5-6-12(17)19-18-11/h5-6,9-10,13H,7-8H2,1-4H3/t9-,10+,13?. The van der Waals surface area contributed by atoms with Gasteiger partial charge in [-0.25, -0.2) is 4.79 Å². The van der Waals surface area contributed by atoms with Crippen molar-refractivity contribution < 1.29 is 14.3 Å². The van der Waals surface area contributed by atoms with Crippen LogP contribution in [-0.2, 0) is 4.74 Å². The number of nitrogens with zero attached hydrogens (tertiary/aromatic N) is 4. The van der Waals surface area contributed by atoms with Crippen LogP contribution in [0.3, 0.4) is 0 Å². The first-order valence-corrected chi connectivity index (χ1v) is 8.29. The number of likely N-dealkylation sites (tertiary alicyclic amines) is 1. The van der Waals surface area contributed by atoms with Crippen LogP contribution >= 0.6 is 11.6 Å². The molecule has 0 N–H and O–H groups in total. The van der Waals surface area contributed by atoms with E-state index in [2.05, 4.69) is 10.2 Å². The highest BCUT2D eigenvalue weighted by Crippen LogP contribution is 2.49. The number of fused-ring (bicyclic) bond motifs is 1. The molecule has 3 rings (SSSR count). The lowest BCUT2D eigenvalue weighted by molar-refractivity contribution is 0.0260. The van der Waals surface area contributed by atoms with E-state index in [1.165, 1.54) is 0 Å². The lowest BCUT2D eigenvalue weighted by atomic mass is 10.2. The fourth-order valence-corrected chi connectivity index (χ4v) is 3.39. The van der Waals surface area contributed by atoms with Crippen LogP contribution in [0.2, 0.25) is 5.15 Å². The third-order valence-electron chi connectivity index (χ3n) is 4.42. The molecule has 1 aromatic heterocycles. The molecule has 0 spiro atoms. The predicted molar refractivity (Wildman–Crippen MR) is 87.7 cm³/mol. The molecule has 8 heteroatoms. The normalized spacial score (nSPS) is 25.2. The van der Waals surface area contributed by atoms with E-state index in [9.17, 15) is 9.59 Å². The third kappa shape index (κ3) is 3.31. The van der Waals surface area contributed by atoms with Crippen molar-refractivity contribution in [2.75, 3.05) is 20.1 Å². The van der Waals surface area contributed by atoms with Gasteiger partial charge < -0.3 is 14.5 Å². The van der Waals surface area contributed by atoms with Gasteiger partial charge in [-0.1, -0.05) is 11.6 Å². The maximum Gasteiger partial charge on any atom is 0.410 e. The Morgan fingerprint density at radius 2 is 1.88 bits per heavy atom. The van der Waals surface area contributed by atoms with Crippen LogP contribution in [0.5, 0.6) is 0 Å². The molecule has 1 aliphatic carbocycles. The maximum absolute atomic E-state index is 12.4. The monoisotopic (exact) mass is 352 g/mol. The quantitative estimate of drug-likeness (QED) is 0.814. The number of piperidine rings is 1. The smallest absolute Gasteiger partial charge is 0.410 e. The van der Waals surface area contributed by atoms with Gasteiger partial charge in [-0.2, -0.15) is 0 Å². The number of aromatic nitrogens is 2. The number of amides is 2. The largest absolute Gasteiger partial charge is 0.444 e. The van der Waals surface area contributed by atoms with E-state index in [0.29, 0.717) is 24.9 Å². The Morgan fingerprint density at radius 1 is 1.25 bits per heavy atom. The van der Waals surface area contributed by atoms with Gasteiger partial charge >= 0.3 is 6.09 Å². The second-order valence-corrected chi connectivity index (χ2v) is 7.75. The van der Waals surface area contributed by atoms with Gasteiger partial charge in [-0.15, -0.1) is 10.2 Å². The summed E-state index contributed by atoms with van der Waals surface area (Å²) in [7, 11) is 1.76. The van der Waals surface area contributed by atoms with Crippen molar-refractivity contribution in [2.45, 2.75) is 32.4 Å². The predicted octanol–water partition coefficient (Wildman–Crippen LogP) is 2.07. The van der Waals surface area contributed by atoms with Crippen molar-refractivity contribution in [3.8, 4) is 0 Å². The number of rotatable bonds is 2. The second kappa shape index (κ2) is 5.88. The summed E-state index contributed by atoms with van der Waals surface area (Å²) in [6, 6.07) is 3.25. The fourth-order valence-electron chi connectivity index (χ4n) is 3.29. The Balaban J connectivity index is 1.56. The van der Waals surface area contributed by atoms with Crippen molar-refractivity contribution in [3.63, 3.8) is 0 Å². The maximum atomic E-state index is 12.4. The lowest BCUT2D eigenvalue weighted by Gasteiger charge is -2.27. The van der Waals surface area contributed by atoms with Crippen LogP contribution in [0.25, 0.3) is 0 Å². The molecular formula is C16H21ClN4O3. The van der Waals surface area contributed by atoms with E-state index >= 15 is 0 Å². The van der Waals surface area contributed by atoms with E-state index in [4.69, 9.17) is 16.3 Å². The summed E-state index contributed by atoms with van der Waals surface area (Å²) in [6.45, 7) is 6.79. The fraction of sp³-hybridized carbons (Fsp3) is 0.625. The van der Waals surface area contributed by atoms with Crippen LogP contribution in [0.4, 0.5) is 4.79 Å². The Labute approximate surface area is 145 Å². The lowest BCUT2D eigenvalue weighted by Crippen LogP contribution is -2.41. The van der Waals surface area contributed by atoms with E-state index in [1.54, 1.807) is 29.0 Å². The molecule has 1 saturated heterocycles. The highest BCUT2D eigenvalue weighted by molar-refractivity contribution is 6.29. The number of ether oxygens (including phenoxy) is 1. The molecule has 2 heterocycles. The summed E-state index contributed by atoms with van der Waals surface area (Å²) in [4.78, 5) is 27.9. The molecule has 1 saturated carbocycles. The first kappa shape index (κ1) is 17.0. The zero-order chi connectivity index (χ0) is 17.6. The number of hydrogen-bond donors (Lipinski definition) is 0. The molecule has 2 fully saturated rings. The van der Waals surface area contributed by atoms with Crippen LogP contribution in [0.15, 0.2) is 12.1 Å². The molecule has 7 nitrogen and oxygen atoms in total. The Bertz CT molecular complexity index is 646. The molecule has 2 amide bonds. The van der Waals surface area contributed by atoms with Gasteiger partial charge in [0.25, 0.3) is 5.91 Å². The SMILES string of the molecule is CN(C(=O)c1ccc(Cl)nn1)C1[C@H]2CN(C(=O)OC(C)(C)C)C[C@@H]12. The highest BCUT2D eigenvalue weighted by atomic mass is 35.5. The summed E-state index contributed by atoms with van der Waals surface area (Å²) in [6.07, 6.45) is -0.286. The molecule has 0 radical (unpaired) electrons. The number of carbonyl (C=O) groups is 2. The summed E-state index contributed by atoms with van der Waals surface area (Å²) < 4.78 is 5.39.